The molecule has 1 fully saturated rings. The van der Waals surface area contributed by atoms with Crippen molar-refractivity contribution in [1.29, 1.82) is 0 Å². The van der Waals surface area contributed by atoms with Crippen molar-refractivity contribution in [2.75, 3.05) is 18.5 Å². The van der Waals surface area contributed by atoms with E-state index in [-0.39, 0.29) is 34.7 Å². The van der Waals surface area contributed by atoms with Gasteiger partial charge in [0.05, 0.1) is 21.7 Å². The smallest absolute Gasteiger partial charge is 0.326 e. The van der Waals surface area contributed by atoms with Crippen LogP contribution in [0.25, 0.3) is 0 Å². The second-order valence-corrected chi connectivity index (χ2v) is 9.66. The summed E-state index contributed by atoms with van der Waals surface area (Å²) in [6.07, 6.45) is 9.00. The number of ether oxygens (including phenoxy) is 1. The Kier molecular flexibility index (Phi) is 8.24. The van der Waals surface area contributed by atoms with Gasteiger partial charge in [-0.3, -0.25) is 9.78 Å². The lowest BCUT2D eigenvalue weighted by atomic mass is 9.79. The summed E-state index contributed by atoms with van der Waals surface area (Å²) in [5.74, 6) is -0.176. The molecule has 0 unspecified atom stereocenters. The van der Waals surface area contributed by atoms with Crippen LogP contribution < -0.4 is 10.6 Å². The van der Waals surface area contributed by atoms with Crippen LogP contribution in [0.2, 0.25) is 10.0 Å². The molecule has 8 nitrogen and oxygen atoms in total. The summed E-state index contributed by atoms with van der Waals surface area (Å²) >= 11 is 12.0. The molecule has 34 heavy (non-hydrogen) atoms. The fraction of sp³-hybridized carbons (Fsp3) is 0.500. The number of rotatable bonds is 10. The van der Waals surface area contributed by atoms with Gasteiger partial charge in [-0.25, -0.2) is 9.78 Å². The van der Waals surface area contributed by atoms with Crippen molar-refractivity contribution in [1.82, 2.24) is 15.3 Å². The molecule has 2 aromatic heterocycles. The van der Waals surface area contributed by atoms with Gasteiger partial charge in [-0.05, 0) is 56.1 Å². The first-order valence-electron chi connectivity index (χ1n) is 11.6. The van der Waals surface area contributed by atoms with Crippen molar-refractivity contribution in [2.45, 2.75) is 57.1 Å². The summed E-state index contributed by atoms with van der Waals surface area (Å²) in [7, 11) is 0. The van der Waals surface area contributed by atoms with E-state index in [2.05, 4.69) is 27.8 Å². The molecule has 1 aliphatic heterocycles. The van der Waals surface area contributed by atoms with Gasteiger partial charge in [-0.2, -0.15) is 0 Å². The van der Waals surface area contributed by atoms with Crippen LogP contribution in [0.15, 0.2) is 24.5 Å². The topological polar surface area (TPSA) is 113 Å². The zero-order chi connectivity index (χ0) is 24.1. The number of anilines is 1. The lowest BCUT2D eigenvalue weighted by Crippen LogP contribution is -2.42. The molecule has 0 bridgehead atoms. The zero-order valence-electron chi connectivity index (χ0n) is 18.7. The van der Waals surface area contributed by atoms with Gasteiger partial charge in [0.15, 0.2) is 0 Å². The number of halogens is 2. The number of hydrogen-bond donors (Lipinski definition) is 3. The third-order valence-corrected chi connectivity index (χ3v) is 6.97. The Hall–Kier alpha value is -2.42. The van der Waals surface area contributed by atoms with Crippen molar-refractivity contribution < 1.29 is 19.4 Å². The summed E-state index contributed by atoms with van der Waals surface area (Å²) in [6.45, 7) is 1.23. The van der Waals surface area contributed by atoms with Gasteiger partial charge in [0.1, 0.15) is 11.9 Å². The maximum absolute atomic E-state index is 12.5. The molecule has 3 heterocycles. The molecule has 0 saturated heterocycles. The number of carbonyl (C=O) groups is 2. The Balaban J connectivity index is 1.17. The number of carbonyl (C=O) groups excluding carboxylic acids is 1. The highest BCUT2D eigenvalue weighted by atomic mass is 35.5. The third-order valence-electron chi connectivity index (χ3n) is 6.40. The normalized spacial score (nSPS) is 19.9. The molecule has 1 aliphatic carbocycles. The number of aromatic nitrogens is 2. The van der Waals surface area contributed by atoms with E-state index in [0.717, 1.165) is 56.6 Å². The number of hydrogen-bond acceptors (Lipinski definition) is 6. The van der Waals surface area contributed by atoms with Crippen molar-refractivity contribution in [3.63, 3.8) is 0 Å². The van der Waals surface area contributed by atoms with E-state index >= 15 is 0 Å². The first kappa shape index (κ1) is 24.7. The molecule has 1 saturated carbocycles. The molecule has 1 atom stereocenters. The number of aliphatic carboxylic acids is 1. The van der Waals surface area contributed by atoms with Gasteiger partial charge in [0.2, 0.25) is 0 Å². The second-order valence-electron chi connectivity index (χ2n) is 8.84. The second kappa shape index (κ2) is 11.3. The van der Waals surface area contributed by atoms with Crippen LogP contribution >= 0.6 is 23.2 Å². The Morgan fingerprint density at radius 1 is 1.24 bits per heavy atom. The summed E-state index contributed by atoms with van der Waals surface area (Å²) in [5.41, 5.74) is 2.43. The van der Waals surface area contributed by atoms with Crippen LogP contribution in [-0.2, 0) is 22.4 Å². The summed E-state index contributed by atoms with van der Waals surface area (Å²) in [5, 5.41) is 15.4. The van der Waals surface area contributed by atoms with Crippen molar-refractivity contribution in [2.24, 2.45) is 5.92 Å². The Morgan fingerprint density at radius 3 is 2.74 bits per heavy atom. The highest BCUT2D eigenvalue weighted by Gasteiger charge is 2.30. The van der Waals surface area contributed by atoms with Crippen LogP contribution in [0.5, 0.6) is 0 Å². The van der Waals surface area contributed by atoms with Crippen LogP contribution in [0, 0.1) is 5.92 Å². The number of pyridine rings is 2. The van der Waals surface area contributed by atoms with E-state index in [4.69, 9.17) is 32.9 Å². The van der Waals surface area contributed by atoms with Crippen LogP contribution in [0.4, 0.5) is 5.82 Å². The van der Waals surface area contributed by atoms with Gasteiger partial charge in [0.25, 0.3) is 5.91 Å². The lowest BCUT2D eigenvalue weighted by Gasteiger charge is -2.35. The van der Waals surface area contributed by atoms with Gasteiger partial charge >= 0.3 is 5.97 Å². The molecule has 0 aromatic carbocycles. The number of aryl methyl sites for hydroxylation is 2. The first-order valence-corrected chi connectivity index (χ1v) is 12.3. The quantitative estimate of drug-likeness (QED) is 0.443. The van der Waals surface area contributed by atoms with Gasteiger partial charge in [-0.1, -0.05) is 29.3 Å². The van der Waals surface area contributed by atoms with E-state index in [9.17, 15) is 14.7 Å². The van der Waals surface area contributed by atoms with E-state index in [0.29, 0.717) is 5.92 Å². The SMILES string of the molecule is O=C(N[C@@H](CCOC1CC(CCc2ccc3c(n2)NCCC3)C1)C(=O)O)c1c(Cl)cncc1Cl. The predicted molar refractivity (Wildman–Crippen MR) is 130 cm³/mol. The molecule has 4 rings (SSSR count). The number of carboxylic acid groups (broad SMARTS) is 1. The minimum atomic E-state index is -1.14. The summed E-state index contributed by atoms with van der Waals surface area (Å²) in [4.78, 5) is 32.6. The van der Waals surface area contributed by atoms with Crippen molar-refractivity contribution in [3.05, 3.63) is 51.4 Å². The minimum absolute atomic E-state index is 0.0107. The highest BCUT2D eigenvalue weighted by molar-refractivity contribution is 6.39. The largest absolute Gasteiger partial charge is 0.480 e. The zero-order valence-corrected chi connectivity index (χ0v) is 20.2. The number of carboxylic acids is 1. The van der Waals surface area contributed by atoms with Crippen molar-refractivity contribution >= 4 is 40.9 Å². The maximum atomic E-state index is 12.5. The number of nitrogens with one attached hydrogen (secondary N) is 2. The molecular formula is C24H28Cl2N4O4. The fourth-order valence-corrected chi connectivity index (χ4v) is 4.91. The number of amides is 1. The average Bonchev–Trinajstić information content (AvgIpc) is 2.78. The lowest BCUT2D eigenvalue weighted by molar-refractivity contribution is -0.140. The third kappa shape index (κ3) is 6.17. The standard InChI is InChI=1S/C24H28Cl2N4O4/c25-18-12-27-13-19(26)21(18)23(31)30-20(24(32)33)7-9-34-17-10-14(11-17)3-5-16-6-4-15-2-1-8-28-22(15)29-16/h4,6,12-14,17,20H,1-3,5,7-11H2,(H,28,29)(H,30,31)(H,32,33)/t14?,17?,20-/m0/s1. The maximum Gasteiger partial charge on any atom is 0.326 e. The van der Waals surface area contributed by atoms with Crippen LogP contribution in [0.3, 0.4) is 0 Å². The van der Waals surface area contributed by atoms with Gasteiger partial charge < -0.3 is 20.5 Å². The highest BCUT2D eigenvalue weighted by Crippen LogP contribution is 2.34. The Morgan fingerprint density at radius 2 is 2.00 bits per heavy atom. The van der Waals surface area contributed by atoms with Crippen LogP contribution in [-0.4, -0.2) is 52.2 Å². The molecule has 10 heteroatoms. The molecule has 1 amide bonds. The molecule has 3 N–H and O–H groups in total. The first-order chi connectivity index (χ1) is 16.4. The average molecular weight is 507 g/mol. The monoisotopic (exact) mass is 506 g/mol. The summed E-state index contributed by atoms with van der Waals surface area (Å²) < 4.78 is 5.85. The molecule has 2 aliphatic rings. The Labute approximate surface area is 208 Å². The molecule has 2 aromatic rings. The number of fused-ring (bicyclic) bond motifs is 1. The van der Waals surface area contributed by atoms with Crippen LogP contribution in [0.1, 0.15) is 53.7 Å². The molecule has 0 spiro atoms. The molecular weight excluding hydrogens is 479 g/mol. The van der Waals surface area contributed by atoms with Gasteiger partial charge in [-0.15, -0.1) is 0 Å². The van der Waals surface area contributed by atoms with E-state index in [1.165, 1.54) is 18.0 Å². The van der Waals surface area contributed by atoms with E-state index in [1.807, 2.05) is 0 Å². The van der Waals surface area contributed by atoms with Gasteiger partial charge in [0, 0.05) is 37.7 Å². The Bertz CT molecular complexity index is 1030. The van der Waals surface area contributed by atoms with E-state index in [1.54, 1.807) is 0 Å². The summed E-state index contributed by atoms with van der Waals surface area (Å²) in [6, 6.07) is 3.21. The van der Waals surface area contributed by atoms with Crippen molar-refractivity contribution in [3.8, 4) is 0 Å². The predicted octanol–water partition coefficient (Wildman–Crippen LogP) is 4.14. The minimum Gasteiger partial charge on any atom is -0.480 e. The molecule has 182 valence electrons. The fourth-order valence-electron chi connectivity index (χ4n) is 4.37. The van der Waals surface area contributed by atoms with E-state index < -0.39 is 17.9 Å². The number of nitrogens with zero attached hydrogens (tertiary/aromatic N) is 2. The molecule has 0 radical (unpaired) electrons.